The van der Waals surface area contributed by atoms with Gasteiger partial charge < -0.3 is 11.1 Å². The van der Waals surface area contributed by atoms with E-state index in [4.69, 9.17) is 5.73 Å². The Bertz CT molecular complexity index is 948. The van der Waals surface area contributed by atoms with Crippen LogP contribution in [0.3, 0.4) is 0 Å². The van der Waals surface area contributed by atoms with Crippen molar-refractivity contribution in [2.24, 2.45) is 5.73 Å². The quantitative estimate of drug-likeness (QED) is 0.559. The monoisotopic (exact) mass is 346 g/mol. The van der Waals surface area contributed by atoms with E-state index in [2.05, 4.69) is 45.6 Å². The van der Waals surface area contributed by atoms with Crippen molar-refractivity contribution >= 4 is 27.2 Å². The van der Waals surface area contributed by atoms with E-state index >= 15 is 0 Å². The van der Waals surface area contributed by atoms with Crippen LogP contribution in [-0.4, -0.2) is 16.5 Å². The molecule has 0 aliphatic carbocycles. The molecule has 0 spiro atoms. The number of aromatic nitrogens is 2. The van der Waals surface area contributed by atoms with Gasteiger partial charge in [0.1, 0.15) is 12.1 Å². The number of nitrogens with zero attached hydrogens (tertiary/aromatic N) is 2. The number of nitrogens with one attached hydrogen (secondary N) is 1. The number of anilines is 1. The van der Waals surface area contributed by atoms with Crippen LogP contribution in [0.5, 0.6) is 0 Å². The Morgan fingerprint density at radius 1 is 0.960 bits per heavy atom. The lowest BCUT2D eigenvalue weighted by Gasteiger charge is -2.13. The summed E-state index contributed by atoms with van der Waals surface area (Å²) in [5.74, 6) is 0.786. The van der Waals surface area contributed by atoms with Crippen molar-refractivity contribution in [1.29, 1.82) is 0 Å². The second-order valence-electron chi connectivity index (χ2n) is 5.84. The lowest BCUT2D eigenvalue weighted by molar-refractivity contribution is 0.761. The van der Waals surface area contributed by atoms with Gasteiger partial charge >= 0.3 is 0 Å². The molecule has 4 rings (SSSR count). The molecule has 4 nitrogen and oxygen atoms in total. The number of benzene rings is 2. The van der Waals surface area contributed by atoms with E-state index in [0.717, 1.165) is 22.0 Å². The highest BCUT2D eigenvalue weighted by Gasteiger charge is 2.08. The standard InChI is InChI=1S/C20H18N4S/c21-16(14-6-2-1-3-7-14)12-22-20-11-17(23-13-24-20)19-10-15-8-4-5-9-18(15)25-19/h1-11,13,16H,12,21H2,(H,22,23,24). The Morgan fingerprint density at radius 3 is 2.60 bits per heavy atom. The zero-order chi connectivity index (χ0) is 17.1. The van der Waals surface area contributed by atoms with Gasteiger partial charge in [0.15, 0.2) is 0 Å². The van der Waals surface area contributed by atoms with Gasteiger partial charge in [-0.05, 0) is 23.1 Å². The van der Waals surface area contributed by atoms with Crippen molar-refractivity contribution < 1.29 is 0 Å². The van der Waals surface area contributed by atoms with E-state index in [-0.39, 0.29) is 6.04 Å². The Morgan fingerprint density at radius 2 is 1.76 bits per heavy atom. The highest BCUT2D eigenvalue weighted by atomic mass is 32.1. The highest BCUT2D eigenvalue weighted by molar-refractivity contribution is 7.22. The minimum atomic E-state index is -0.0797. The Hall–Kier alpha value is -2.76. The van der Waals surface area contributed by atoms with E-state index < -0.39 is 0 Å². The van der Waals surface area contributed by atoms with Gasteiger partial charge in [-0.1, -0.05) is 48.5 Å². The molecule has 1 unspecified atom stereocenters. The van der Waals surface area contributed by atoms with E-state index in [1.165, 1.54) is 10.1 Å². The minimum absolute atomic E-state index is 0.0797. The fraction of sp³-hybridized carbons (Fsp3) is 0.100. The summed E-state index contributed by atoms with van der Waals surface area (Å²) < 4.78 is 1.26. The lowest BCUT2D eigenvalue weighted by atomic mass is 10.1. The lowest BCUT2D eigenvalue weighted by Crippen LogP contribution is -2.20. The summed E-state index contributed by atoms with van der Waals surface area (Å²) in [7, 11) is 0. The summed E-state index contributed by atoms with van der Waals surface area (Å²) in [6, 6.07) is 22.5. The average molecular weight is 346 g/mol. The van der Waals surface area contributed by atoms with E-state index in [0.29, 0.717) is 6.54 Å². The molecule has 0 saturated heterocycles. The number of hydrogen-bond donors (Lipinski definition) is 2. The SMILES string of the molecule is NC(CNc1cc(-c2cc3ccccc3s2)ncn1)c1ccccc1. The first-order chi connectivity index (χ1) is 12.3. The molecule has 25 heavy (non-hydrogen) atoms. The fourth-order valence-corrected chi connectivity index (χ4v) is 3.76. The van der Waals surface area contributed by atoms with Crippen molar-refractivity contribution in [3.05, 3.63) is 78.6 Å². The van der Waals surface area contributed by atoms with Crippen LogP contribution in [0, 0.1) is 0 Å². The van der Waals surface area contributed by atoms with E-state index in [9.17, 15) is 0 Å². The number of fused-ring (bicyclic) bond motifs is 1. The average Bonchev–Trinajstić information content (AvgIpc) is 3.11. The molecule has 0 amide bonds. The topological polar surface area (TPSA) is 63.8 Å². The van der Waals surface area contributed by atoms with Gasteiger partial charge in [-0.3, -0.25) is 0 Å². The maximum Gasteiger partial charge on any atom is 0.130 e. The van der Waals surface area contributed by atoms with Crippen LogP contribution in [0.1, 0.15) is 11.6 Å². The van der Waals surface area contributed by atoms with Gasteiger partial charge in [0.25, 0.3) is 0 Å². The normalized spacial score (nSPS) is 12.2. The molecule has 1 atom stereocenters. The molecule has 5 heteroatoms. The molecule has 0 radical (unpaired) electrons. The Balaban J connectivity index is 1.51. The van der Waals surface area contributed by atoms with Crippen molar-refractivity contribution in [3.63, 3.8) is 0 Å². The van der Waals surface area contributed by atoms with Gasteiger partial charge in [-0.25, -0.2) is 9.97 Å². The predicted molar refractivity (Wildman–Crippen MR) is 105 cm³/mol. The number of nitrogens with two attached hydrogens (primary N) is 1. The first-order valence-corrected chi connectivity index (χ1v) is 8.96. The molecule has 0 bridgehead atoms. The van der Waals surface area contributed by atoms with Gasteiger partial charge in [0.05, 0.1) is 10.6 Å². The number of rotatable bonds is 5. The van der Waals surface area contributed by atoms with Gasteiger partial charge in [0, 0.05) is 23.4 Å². The fourth-order valence-electron chi connectivity index (χ4n) is 2.73. The molecule has 4 aromatic rings. The van der Waals surface area contributed by atoms with Gasteiger partial charge in [-0.15, -0.1) is 11.3 Å². The molecular weight excluding hydrogens is 328 g/mol. The van der Waals surface area contributed by atoms with Gasteiger partial charge in [0.2, 0.25) is 0 Å². The van der Waals surface area contributed by atoms with Crippen LogP contribution in [0.15, 0.2) is 73.1 Å². The predicted octanol–water partition coefficient (Wildman–Crippen LogP) is 4.47. The van der Waals surface area contributed by atoms with Crippen molar-refractivity contribution in [2.75, 3.05) is 11.9 Å². The number of thiophene rings is 1. The van der Waals surface area contributed by atoms with Crippen molar-refractivity contribution in [3.8, 4) is 10.6 Å². The van der Waals surface area contributed by atoms with Crippen molar-refractivity contribution in [1.82, 2.24) is 9.97 Å². The van der Waals surface area contributed by atoms with Crippen LogP contribution >= 0.6 is 11.3 Å². The second kappa shape index (κ2) is 7.01. The maximum atomic E-state index is 6.24. The molecule has 2 aromatic heterocycles. The Kier molecular flexibility index (Phi) is 4.41. The molecule has 0 aliphatic rings. The first-order valence-electron chi connectivity index (χ1n) is 8.15. The molecule has 124 valence electrons. The molecule has 2 aromatic carbocycles. The molecule has 2 heterocycles. The highest BCUT2D eigenvalue weighted by Crippen LogP contribution is 2.32. The van der Waals surface area contributed by atoms with Crippen LogP contribution in [0.2, 0.25) is 0 Å². The third-order valence-electron chi connectivity index (χ3n) is 4.08. The molecule has 0 fully saturated rings. The zero-order valence-corrected chi connectivity index (χ0v) is 14.4. The summed E-state index contributed by atoms with van der Waals surface area (Å²) in [5.41, 5.74) is 8.27. The van der Waals surface area contributed by atoms with E-state index in [1.54, 1.807) is 17.7 Å². The summed E-state index contributed by atoms with van der Waals surface area (Å²) in [5, 5.41) is 4.55. The molecule has 0 saturated carbocycles. The third kappa shape index (κ3) is 3.52. The van der Waals surface area contributed by atoms with Crippen molar-refractivity contribution in [2.45, 2.75) is 6.04 Å². The summed E-state index contributed by atoms with van der Waals surface area (Å²) in [4.78, 5) is 9.87. The van der Waals surface area contributed by atoms with Crippen LogP contribution in [0.25, 0.3) is 20.7 Å². The molecule has 0 aliphatic heterocycles. The van der Waals surface area contributed by atoms with Gasteiger partial charge in [-0.2, -0.15) is 0 Å². The third-order valence-corrected chi connectivity index (χ3v) is 5.21. The summed E-state index contributed by atoms with van der Waals surface area (Å²) in [6.45, 7) is 0.618. The largest absolute Gasteiger partial charge is 0.368 e. The summed E-state index contributed by atoms with van der Waals surface area (Å²) in [6.07, 6.45) is 1.59. The zero-order valence-electron chi connectivity index (χ0n) is 13.6. The Labute approximate surface area is 150 Å². The van der Waals surface area contributed by atoms with Crippen LogP contribution < -0.4 is 11.1 Å². The maximum absolute atomic E-state index is 6.24. The van der Waals surface area contributed by atoms with Crippen LogP contribution in [-0.2, 0) is 0 Å². The number of hydrogen-bond acceptors (Lipinski definition) is 5. The molecule has 3 N–H and O–H groups in total. The summed E-state index contributed by atoms with van der Waals surface area (Å²) >= 11 is 1.74. The molecular formula is C20H18N4S. The second-order valence-corrected chi connectivity index (χ2v) is 6.92. The van der Waals surface area contributed by atoms with Crippen LogP contribution in [0.4, 0.5) is 5.82 Å². The first kappa shape index (κ1) is 15.7. The van der Waals surface area contributed by atoms with E-state index in [1.807, 2.05) is 36.4 Å². The smallest absolute Gasteiger partial charge is 0.130 e. The minimum Gasteiger partial charge on any atom is -0.368 e.